The molecule has 2 aliphatic heterocycles. The number of ether oxygens (including phenoxy) is 1. The van der Waals surface area contributed by atoms with Gasteiger partial charge in [-0.15, -0.1) is 0 Å². The van der Waals surface area contributed by atoms with Crippen LogP contribution in [0.3, 0.4) is 0 Å². The van der Waals surface area contributed by atoms with Crippen LogP contribution in [0, 0.1) is 5.92 Å². The van der Waals surface area contributed by atoms with Crippen molar-refractivity contribution in [1.29, 1.82) is 0 Å². The number of nitrogens with zero attached hydrogens (tertiary/aromatic N) is 1. The molecule has 4 rings (SSSR count). The molecule has 2 fully saturated rings. The second-order valence-corrected chi connectivity index (χ2v) is 7.96. The Kier molecular flexibility index (Phi) is 4.16. The summed E-state index contributed by atoms with van der Waals surface area (Å²) in [7, 11) is -0.424. The third-order valence-corrected chi connectivity index (χ3v) is 4.79. The molecule has 3 atom stereocenters. The van der Waals surface area contributed by atoms with E-state index in [9.17, 15) is 9.59 Å². The molecular weight excluding hydrogens is 333 g/mol. The van der Waals surface area contributed by atoms with E-state index in [1.807, 2.05) is 36.4 Å². The Morgan fingerprint density at radius 3 is 2.65 bits per heavy atom. The summed E-state index contributed by atoms with van der Waals surface area (Å²) in [6.07, 6.45) is 1.81. The van der Waals surface area contributed by atoms with Gasteiger partial charge in [0.1, 0.15) is 5.60 Å². The summed E-state index contributed by atoms with van der Waals surface area (Å²) in [5, 5.41) is 0. The van der Waals surface area contributed by atoms with Crippen LogP contribution in [0.25, 0.3) is 0 Å². The van der Waals surface area contributed by atoms with E-state index in [1.54, 1.807) is 20.8 Å². The molecule has 136 valence electrons. The molecule has 26 heavy (non-hydrogen) atoms. The molecule has 6 nitrogen and oxygen atoms in total. The Balaban J connectivity index is 1.55. The molecule has 3 aliphatic rings. The quantitative estimate of drug-likeness (QED) is 0.723. The van der Waals surface area contributed by atoms with Crippen molar-refractivity contribution in [3.05, 3.63) is 42.1 Å². The summed E-state index contributed by atoms with van der Waals surface area (Å²) in [5.41, 5.74) is 0.992. The minimum Gasteiger partial charge on any atom is -0.443 e. The number of imide groups is 1. The van der Waals surface area contributed by atoms with Crippen molar-refractivity contribution in [2.24, 2.45) is 5.92 Å². The van der Waals surface area contributed by atoms with Gasteiger partial charge in [-0.1, -0.05) is 30.3 Å². The van der Waals surface area contributed by atoms with Gasteiger partial charge in [-0.3, -0.25) is 4.79 Å². The van der Waals surface area contributed by atoms with Crippen LogP contribution in [0.2, 0.25) is 0 Å². The van der Waals surface area contributed by atoms with E-state index in [2.05, 4.69) is 0 Å². The lowest BCUT2D eigenvalue weighted by Gasteiger charge is -2.29. The van der Waals surface area contributed by atoms with Crippen molar-refractivity contribution >= 4 is 24.6 Å². The van der Waals surface area contributed by atoms with Gasteiger partial charge in [0, 0.05) is 18.0 Å². The number of hydrogen-bond acceptors (Lipinski definition) is 5. The van der Waals surface area contributed by atoms with E-state index in [0.717, 1.165) is 5.46 Å². The maximum atomic E-state index is 12.5. The van der Waals surface area contributed by atoms with Crippen LogP contribution in [-0.4, -0.2) is 41.8 Å². The van der Waals surface area contributed by atoms with Crippen LogP contribution in [0.1, 0.15) is 33.6 Å². The monoisotopic (exact) mass is 355 g/mol. The lowest BCUT2D eigenvalue weighted by Crippen LogP contribution is -2.38. The summed E-state index contributed by atoms with van der Waals surface area (Å²) < 4.78 is 17.5. The van der Waals surface area contributed by atoms with Gasteiger partial charge in [-0.25, -0.2) is 9.69 Å². The lowest BCUT2D eigenvalue weighted by molar-refractivity contribution is -0.126. The van der Waals surface area contributed by atoms with Crippen molar-refractivity contribution in [2.75, 3.05) is 0 Å². The molecule has 0 bridgehead atoms. The fraction of sp³-hybridized carbons (Fsp3) is 0.474. The fourth-order valence-electron chi connectivity index (χ4n) is 3.71. The summed E-state index contributed by atoms with van der Waals surface area (Å²) in [6.45, 7) is 5.35. The van der Waals surface area contributed by atoms with Gasteiger partial charge in [0.2, 0.25) is 5.91 Å². The smallest absolute Gasteiger partial charge is 0.443 e. The number of carbonyl (C=O) groups is 2. The highest BCUT2D eigenvalue weighted by atomic mass is 16.7. The highest BCUT2D eigenvalue weighted by Crippen LogP contribution is 2.41. The van der Waals surface area contributed by atoms with Crippen LogP contribution in [0.4, 0.5) is 4.79 Å². The van der Waals surface area contributed by atoms with Crippen LogP contribution in [0.15, 0.2) is 42.1 Å². The highest BCUT2D eigenvalue weighted by molar-refractivity contribution is 6.61. The lowest BCUT2D eigenvalue weighted by atomic mass is 9.79. The number of amides is 2. The molecule has 7 heteroatoms. The number of benzene rings is 1. The second kappa shape index (κ2) is 6.25. The SMILES string of the molecule is CC(C)(C)OC(=O)N1C(=O)C[C@H]2C[C@H]3OB(c4ccccc4)O[C@H]3C=C21. The molecule has 1 aliphatic carbocycles. The molecule has 0 radical (unpaired) electrons. The molecule has 0 spiro atoms. The Hall–Kier alpha value is -2.12. The molecular formula is C19H22BNO5. The molecule has 0 aromatic heterocycles. The number of carbonyl (C=O) groups excluding carboxylic acids is 2. The van der Waals surface area contributed by atoms with E-state index >= 15 is 0 Å². The first-order valence-electron chi connectivity index (χ1n) is 8.95. The van der Waals surface area contributed by atoms with Gasteiger partial charge in [-0.05, 0) is 38.7 Å². The van der Waals surface area contributed by atoms with Crippen molar-refractivity contribution in [3.8, 4) is 0 Å². The molecule has 1 aromatic carbocycles. The van der Waals surface area contributed by atoms with Gasteiger partial charge in [0.25, 0.3) is 0 Å². The molecule has 0 N–H and O–H groups in total. The normalized spacial score (nSPS) is 27.9. The molecule has 0 unspecified atom stereocenters. The van der Waals surface area contributed by atoms with E-state index < -0.39 is 18.8 Å². The average molecular weight is 355 g/mol. The zero-order valence-electron chi connectivity index (χ0n) is 15.2. The number of hydrogen-bond donors (Lipinski definition) is 0. The van der Waals surface area contributed by atoms with Gasteiger partial charge in [-0.2, -0.15) is 0 Å². The average Bonchev–Trinajstić information content (AvgIpc) is 3.10. The minimum atomic E-state index is -0.654. The predicted molar refractivity (Wildman–Crippen MR) is 95.5 cm³/mol. The highest BCUT2D eigenvalue weighted by Gasteiger charge is 2.50. The number of allylic oxidation sites excluding steroid dienone is 1. The summed E-state index contributed by atoms with van der Waals surface area (Å²) in [5.74, 6) is -0.260. The number of rotatable bonds is 1. The van der Waals surface area contributed by atoms with Crippen LogP contribution >= 0.6 is 0 Å². The first-order chi connectivity index (χ1) is 12.3. The Morgan fingerprint density at radius 1 is 1.23 bits per heavy atom. The Morgan fingerprint density at radius 2 is 1.96 bits per heavy atom. The van der Waals surface area contributed by atoms with Gasteiger partial charge < -0.3 is 14.0 Å². The van der Waals surface area contributed by atoms with Crippen molar-refractivity contribution in [2.45, 2.75) is 51.4 Å². The van der Waals surface area contributed by atoms with Crippen LogP contribution in [-0.2, 0) is 18.8 Å². The van der Waals surface area contributed by atoms with Crippen LogP contribution in [0.5, 0.6) is 0 Å². The van der Waals surface area contributed by atoms with Gasteiger partial charge >= 0.3 is 13.2 Å². The third kappa shape index (κ3) is 3.17. The van der Waals surface area contributed by atoms with E-state index in [0.29, 0.717) is 18.5 Å². The molecule has 2 saturated heterocycles. The third-order valence-electron chi connectivity index (χ3n) is 4.79. The van der Waals surface area contributed by atoms with E-state index in [4.69, 9.17) is 14.0 Å². The summed E-state index contributed by atoms with van der Waals surface area (Å²) in [6, 6.07) is 9.77. The zero-order valence-corrected chi connectivity index (χ0v) is 15.2. The Bertz CT molecular complexity index is 757. The first-order valence-corrected chi connectivity index (χ1v) is 8.95. The molecule has 0 saturated carbocycles. The maximum absolute atomic E-state index is 12.5. The minimum absolute atomic E-state index is 0.0330. The predicted octanol–water partition coefficient (Wildman–Crippen LogP) is 2.24. The largest absolute Gasteiger partial charge is 0.494 e. The number of likely N-dealkylation sites (tertiary alicyclic amines) is 1. The summed E-state index contributed by atoms with van der Waals surface area (Å²) >= 11 is 0. The fourth-order valence-corrected chi connectivity index (χ4v) is 3.71. The Labute approximate surface area is 153 Å². The standard InChI is InChI=1S/C19H22BNO5/c1-19(2,3)24-18(23)21-14-11-16-15(9-12(14)10-17(21)22)25-20(26-16)13-7-5-4-6-8-13/h4-8,11-12,15-16H,9-10H2,1-3H3/t12-,15-,16+/m1/s1. The van der Waals surface area contributed by atoms with Gasteiger partial charge in [0.05, 0.1) is 12.2 Å². The van der Waals surface area contributed by atoms with Crippen molar-refractivity contribution < 1.29 is 23.6 Å². The molecule has 2 amide bonds. The molecule has 2 heterocycles. The zero-order chi connectivity index (χ0) is 18.5. The first kappa shape index (κ1) is 17.3. The second-order valence-electron chi connectivity index (χ2n) is 7.96. The maximum Gasteiger partial charge on any atom is 0.494 e. The van der Waals surface area contributed by atoms with Crippen molar-refractivity contribution in [1.82, 2.24) is 4.90 Å². The van der Waals surface area contributed by atoms with Crippen LogP contribution < -0.4 is 5.46 Å². The van der Waals surface area contributed by atoms with Crippen molar-refractivity contribution in [3.63, 3.8) is 0 Å². The number of fused-ring (bicyclic) bond motifs is 2. The van der Waals surface area contributed by atoms with E-state index in [-0.39, 0.29) is 24.0 Å². The van der Waals surface area contributed by atoms with Gasteiger partial charge in [0.15, 0.2) is 0 Å². The van der Waals surface area contributed by atoms with E-state index in [1.165, 1.54) is 4.90 Å². The topological polar surface area (TPSA) is 65.1 Å². The summed E-state index contributed by atoms with van der Waals surface area (Å²) in [4.78, 5) is 26.0. The molecule has 1 aromatic rings.